The van der Waals surface area contributed by atoms with E-state index in [9.17, 15) is 4.79 Å². The van der Waals surface area contributed by atoms with Gasteiger partial charge in [0.2, 0.25) is 0 Å². The van der Waals surface area contributed by atoms with Crippen LogP contribution in [0.3, 0.4) is 0 Å². The Morgan fingerprint density at radius 3 is 2.20 bits per heavy atom. The van der Waals surface area contributed by atoms with Crippen LogP contribution in [0.5, 0.6) is 0 Å². The Kier molecular flexibility index (Phi) is 3.54. The Bertz CT molecular complexity index is 157. The lowest BCUT2D eigenvalue weighted by Crippen LogP contribution is -2.07. The quantitative estimate of drug-likeness (QED) is 0.581. The summed E-state index contributed by atoms with van der Waals surface area (Å²) in [7, 11) is 0. The summed E-state index contributed by atoms with van der Waals surface area (Å²) in [6.07, 6.45) is 1.37. The molecule has 3 heteroatoms. The maximum atomic E-state index is 10.4. The van der Waals surface area contributed by atoms with E-state index in [0.717, 1.165) is 6.42 Å². The molecular weight excluding hydrogens is 130 g/mol. The maximum Gasteiger partial charge on any atom is 0.333 e. The molecule has 0 aliphatic heterocycles. The highest BCUT2D eigenvalue weighted by Gasteiger charge is 2.07. The molecule has 3 N–H and O–H groups in total. The summed E-state index contributed by atoms with van der Waals surface area (Å²) >= 11 is 0. The maximum absolute atomic E-state index is 10.4. The van der Waals surface area contributed by atoms with E-state index in [1.54, 1.807) is 6.92 Å². The van der Waals surface area contributed by atoms with Crippen LogP contribution in [-0.2, 0) is 4.79 Å². The van der Waals surface area contributed by atoms with Crippen LogP contribution in [0.2, 0.25) is 0 Å². The summed E-state index contributed by atoms with van der Waals surface area (Å²) in [5.74, 6) is -0.901. The van der Waals surface area contributed by atoms with E-state index in [1.165, 1.54) is 0 Å². The van der Waals surface area contributed by atoms with Crippen LogP contribution >= 0.6 is 0 Å². The van der Waals surface area contributed by atoms with Gasteiger partial charge in [-0.1, -0.05) is 13.3 Å². The highest BCUT2D eigenvalue weighted by Crippen LogP contribution is 2.06. The first-order chi connectivity index (χ1) is 4.59. The molecule has 0 radical (unpaired) electrons. The van der Waals surface area contributed by atoms with Crippen molar-refractivity contribution in [3.05, 3.63) is 11.3 Å². The van der Waals surface area contributed by atoms with Crippen molar-refractivity contribution >= 4 is 5.97 Å². The van der Waals surface area contributed by atoms with Gasteiger partial charge in [-0.3, -0.25) is 0 Å². The minimum Gasteiger partial charge on any atom is -0.478 e. The number of nitrogens with two attached hydrogens (primary N) is 1. The van der Waals surface area contributed by atoms with Gasteiger partial charge in [0.15, 0.2) is 0 Å². The predicted octanol–water partition coefficient (Wildman–Crippen LogP) is 1.10. The Morgan fingerprint density at radius 2 is 2.10 bits per heavy atom. The highest BCUT2D eigenvalue weighted by molar-refractivity contribution is 5.87. The van der Waals surface area contributed by atoms with E-state index >= 15 is 0 Å². The Labute approximate surface area is 60.5 Å². The van der Waals surface area contributed by atoms with Crippen LogP contribution in [0.15, 0.2) is 11.3 Å². The predicted molar refractivity (Wildman–Crippen MR) is 39.4 cm³/mol. The first kappa shape index (κ1) is 9.01. The number of rotatable bonds is 3. The van der Waals surface area contributed by atoms with Crippen molar-refractivity contribution in [3.8, 4) is 0 Å². The molecule has 0 bridgehead atoms. The molecule has 0 heterocycles. The Morgan fingerprint density at radius 1 is 1.60 bits per heavy atom. The van der Waals surface area contributed by atoms with Gasteiger partial charge in [-0.2, -0.15) is 0 Å². The molecule has 10 heavy (non-hydrogen) atoms. The molecule has 0 aromatic rings. The molecule has 3 nitrogen and oxygen atoms in total. The van der Waals surface area contributed by atoms with Crippen molar-refractivity contribution in [1.82, 2.24) is 0 Å². The second-order valence-electron chi connectivity index (χ2n) is 2.22. The number of allylic oxidation sites excluding steroid dienone is 1. The van der Waals surface area contributed by atoms with Crippen molar-refractivity contribution in [1.29, 1.82) is 0 Å². The fourth-order valence-electron chi connectivity index (χ4n) is 0.723. The van der Waals surface area contributed by atoms with Gasteiger partial charge in [0.05, 0.1) is 5.57 Å². The first-order valence-corrected chi connectivity index (χ1v) is 3.28. The summed E-state index contributed by atoms with van der Waals surface area (Å²) in [5, 5.41) is 8.54. The molecule has 0 saturated heterocycles. The normalized spacial score (nSPS) is 12.6. The highest BCUT2D eigenvalue weighted by atomic mass is 16.4. The molecule has 0 atom stereocenters. The fourth-order valence-corrected chi connectivity index (χ4v) is 0.723. The lowest BCUT2D eigenvalue weighted by atomic mass is 10.1. The van der Waals surface area contributed by atoms with Crippen molar-refractivity contribution < 1.29 is 9.90 Å². The van der Waals surface area contributed by atoms with Gasteiger partial charge in [-0.25, -0.2) is 4.79 Å². The molecule has 0 fully saturated rings. The van der Waals surface area contributed by atoms with Crippen LogP contribution < -0.4 is 5.73 Å². The van der Waals surface area contributed by atoms with Gasteiger partial charge >= 0.3 is 5.97 Å². The monoisotopic (exact) mass is 143 g/mol. The molecule has 0 aliphatic rings. The van der Waals surface area contributed by atoms with Crippen LogP contribution in [0.1, 0.15) is 26.7 Å². The average molecular weight is 143 g/mol. The van der Waals surface area contributed by atoms with E-state index < -0.39 is 5.97 Å². The van der Waals surface area contributed by atoms with E-state index in [4.69, 9.17) is 10.8 Å². The first-order valence-electron chi connectivity index (χ1n) is 3.28. The molecule has 0 spiro atoms. The zero-order valence-corrected chi connectivity index (χ0v) is 6.35. The van der Waals surface area contributed by atoms with Gasteiger partial charge < -0.3 is 10.8 Å². The van der Waals surface area contributed by atoms with Gasteiger partial charge in [0, 0.05) is 5.70 Å². The standard InChI is InChI=1S/C7H13NO2/c1-3-4-6(5(2)8)7(9)10/h3-4,8H2,1-2H3,(H,9,10). The van der Waals surface area contributed by atoms with Crippen LogP contribution in [0.4, 0.5) is 0 Å². The zero-order chi connectivity index (χ0) is 8.15. The minimum absolute atomic E-state index is 0.336. The molecule has 0 aromatic heterocycles. The van der Waals surface area contributed by atoms with Crippen molar-refractivity contribution in [2.45, 2.75) is 26.7 Å². The van der Waals surface area contributed by atoms with Crippen molar-refractivity contribution in [3.63, 3.8) is 0 Å². The number of hydrogen-bond donors (Lipinski definition) is 2. The summed E-state index contributed by atoms with van der Waals surface area (Å²) < 4.78 is 0. The Balaban J connectivity index is 4.28. The topological polar surface area (TPSA) is 63.3 Å². The molecule has 0 rings (SSSR count). The molecule has 0 aromatic carbocycles. The third-order valence-corrected chi connectivity index (χ3v) is 1.23. The van der Waals surface area contributed by atoms with Crippen LogP contribution in [0, 0.1) is 0 Å². The van der Waals surface area contributed by atoms with Crippen LogP contribution in [-0.4, -0.2) is 11.1 Å². The van der Waals surface area contributed by atoms with E-state index in [1.807, 2.05) is 6.92 Å². The van der Waals surface area contributed by atoms with E-state index in [0.29, 0.717) is 17.7 Å². The number of carboxylic acid groups (broad SMARTS) is 1. The molecule has 0 amide bonds. The second-order valence-corrected chi connectivity index (χ2v) is 2.22. The number of hydrogen-bond acceptors (Lipinski definition) is 2. The van der Waals surface area contributed by atoms with Crippen molar-refractivity contribution in [2.24, 2.45) is 5.73 Å². The lowest BCUT2D eigenvalue weighted by Gasteiger charge is -2.00. The summed E-state index contributed by atoms with van der Waals surface area (Å²) in [5.41, 5.74) is 6.07. The summed E-state index contributed by atoms with van der Waals surface area (Å²) in [6, 6.07) is 0. The van der Waals surface area contributed by atoms with Gasteiger partial charge in [0.25, 0.3) is 0 Å². The molecule has 0 aliphatic carbocycles. The molecular formula is C7H13NO2. The third kappa shape index (κ3) is 2.53. The number of aliphatic carboxylic acids is 1. The fraction of sp³-hybridized carbons (Fsp3) is 0.571. The van der Waals surface area contributed by atoms with E-state index in [-0.39, 0.29) is 0 Å². The van der Waals surface area contributed by atoms with Crippen LogP contribution in [0.25, 0.3) is 0 Å². The van der Waals surface area contributed by atoms with Crippen molar-refractivity contribution in [2.75, 3.05) is 0 Å². The van der Waals surface area contributed by atoms with E-state index in [2.05, 4.69) is 0 Å². The Hall–Kier alpha value is -0.990. The number of carbonyl (C=O) groups is 1. The SMILES string of the molecule is CCCC(C(=O)O)=C(C)N. The molecule has 0 saturated carbocycles. The smallest absolute Gasteiger partial charge is 0.333 e. The lowest BCUT2D eigenvalue weighted by molar-refractivity contribution is -0.132. The zero-order valence-electron chi connectivity index (χ0n) is 6.35. The third-order valence-electron chi connectivity index (χ3n) is 1.23. The summed E-state index contributed by atoms with van der Waals surface area (Å²) in [4.78, 5) is 10.4. The largest absolute Gasteiger partial charge is 0.478 e. The average Bonchev–Trinajstić information content (AvgIpc) is 1.81. The molecule has 58 valence electrons. The molecule has 0 unspecified atom stereocenters. The minimum atomic E-state index is -0.901. The van der Waals surface area contributed by atoms with Gasteiger partial charge in [-0.15, -0.1) is 0 Å². The second kappa shape index (κ2) is 3.93. The summed E-state index contributed by atoms with van der Waals surface area (Å²) in [6.45, 7) is 3.53. The van der Waals surface area contributed by atoms with Gasteiger partial charge in [0.1, 0.15) is 0 Å². The number of carboxylic acids is 1. The van der Waals surface area contributed by atoms with Gasteiger partial charge in [-0.05, 0) is 13.3 Å².